The van der Waals surface area contributed by atoms with E-state index in [1.165, 1.54) is 4.90 Å². The van der Waals surface area contributed by atoms with Crippen molar-refractivity contribution in [2.45, 2.75) is 44.2 Å². The maximum absolute atomic E-state index is 13.2. The number of nitrogens with one attached hydrogen (secondary N) is 2. The summed E-state index contributed by atoms with van der Waals surface area (Å²) in [6, 6.07) is 5.32. The number of carbonyl (C=O) groups excluding carboxylic acids is 2. The Balaban J connectivity index is 1.43. The summed E-state index contributed by atoms with van der Waals surface area (Å²) in [7, 11) is 3.35. The van der Waals surface area contributed by atoms with Gasteiger partial charge >= 0.3 is 11.9 Å². The molecule has 1 saturated heterocycles. The zero-order chi connectivity index (χ0) is 28.2. The number of carboxylic acids is 1. The van der Waals surface area contributed by atoms with Crippen molar-refractivity contribution >= 4 is 46.3 Å². The van der Waals surface area contributed by atoms with E-state index in [2.05, 4.69) is 25.5 Å². The van der Waals surface area contributed by atoms with Crippen LogP contribution in [0.4, 0.5) is 17.5 Å². The molecule has 2 aliphatic rings. The van der Waals surface area contributed by atoms with Gasteiger partial charge in [-0.15, -0.1) is 0 Å². The van der Waals surface area contributed by atoms with Gasteiger partial charge in [0.25, 0.3) is 5.91 Å². The molecule has 0 bridgehead atoms. The van der Waals surface area contributed by atoms with Gasteiger partial charge in [0, 0.05) is 51.9 Å². The minimum atomic E-state index is -1.06. The zero-order valence-electron chi connectivity index (χ0n) is 22.7. The molecule has 40 heavy (non-hydrogen) atoms. The number of amides is 1. The Bertz CT molecular complexity index is 1380. The number of rotatable bonds is 9. The molecule has 0 radical (unpaired) electrons. The summed E-state index contributed by atoms with van der Waals surface area (Å²) in [6.07, 6.45) is 4.56. The fourth-order valence-electron chi connectivity index (χ4n) is 5.26. The number of aliphatic carboxylic acids is 1. The highest BCUT2D eigenvalue weighted by Gasteiger charge is 2.36. The van der Waals surface area contributed by atoms with Gasteiger partial charge in [0.1, 0.15) is 23.3 Å². The van der Waals surface area contributed by atoms with Crippen LogP contribution in [0.5, 0.6) is 0 Å². The van der Waals surface area contributed by atoms with Crippen LogP contribution < -0.4 is 15.5 Å². The molecule has 13 nitrogen and oxygen atoms in total. The predicted octanol–water partition coefficient (Wildman–Crippen LogP) is 2.18. The highest BCUT2D eigenvalue weighted by molar-refractivity contribution is 5.98. The van der Waals surface area contributed by atoms with E-state index in [1.54, 1.807) is 26.4 Å². The fraction of sp³-hybridized carbons (Fsp3) is 0.481. The number of hydrogen-bond donors (Lipinski definition) is 3. The average molecular weight is 551 g/mol. The van der Waals surface area contributed by atoms with E-state index in [4.69, 9.17) is 14.8 Å². The largest absolute Gasteiger partial charge is 0.481 e. The van der Waals surface area contributed by atoms with Gasteiger partial charge in [0.05, 0.1) is 30.8 Å². The minimum Gasteiger partial charge on any atom is -0.481 e. The van der Waals surface area contributed by atoms with E-state index in [0.29, 0.717) is 41.3 Å². The third kappa shape index (κ3) is 5.98. The summed E-state index contributed by atoms with van der Waals surface area (Å²) in [5.74, 6) is -0.915. The Morgan fingerprint density at radius 2 is 1.93 bits per heavy atom. The molecule has 1 aliphatic heterocycles. The number of piperazine rings is 1. The molecule has 5 rings (SSSR count). The van der Waals surface area contributed by atoms with Gasteiger partial charge < -0.3 is 34.8 Å². The highest BCUT2D eigenvalue weighted by atomic mass is 16.5. The van der Waals surface area contributed by atoms with Crippen molar-refractivity contribution in [3.8, 4) is 0 Å². The molecule has 2 fully saturated rings. The van der Waals surface area contributed by atoms with E-state index in [0.717, 1.165) is 38.3 Å². The lowest BCUT2D eigenvalue weighted by atomic mass is 10.2. The van der Waals surface area contributed by atoms with Gasteiger partial charge in [0.2, 0.25) is 5.95 Å². The second-order valence-corrected chi connectivity index (χ2v) is 10.3. The molecule has 1 amide bonds. The van der Waals surface area contributed by atoms with Crippen LogP contribution in [0, 0.1) is 0 Å². The molecular formula is C27H34N8O5. The SMILES string of the molecule is CN(C)C(=O)c1cc2cnc(Nc3ccc(N4CCNCC4)cn3)nc2n1C1CCCC1OC(=O)CCC(=O)O. The third-order valence-electron chi connectivity index (χ3n) is 7.25. The monoisotopic (exact) mass is 550 g/mol. The van der Waals surface area contributed by atoms with Gasteiger partial charge in [-0.05, 0) is 37.5 Å². The average Bonchev–Trinajstić information content (AvgIpc) is 3.56. The molecule has 0 aromatic carbocycles. The lowest BCUT2D eigenvalue weighted by molar-refractivity contribution is -0.153. The smallest absolute Gasteiger partial charge is 0.306 e. The Kier molecular flexibility index (Phi) is 8.10. The van der Waals surface area contributed by atoms with Crippen LogP contribution in [0.25, 0.3) is 11.0 Å². The first-order valence-corrected chi connectivity index (χ1v) is 13.5. The van der Waals surface area contributed by atoms with Crippen LogP contribution in [0.1, 0.15) is 48.6 Å². The van der Waals surface area contributed by atoms with E-state index in [1.807, 2.05) is 22.9 Å². The first-order valence-electron chi connectivity index (χ1n) is 13.5. The van der Waals surface area contributed by atoms with Crippen LogP contribution in [-0.4, -0.2) is 93.7 Å². The number of carbonyl (C=O) groups is 3. The van der Waals surface area contributed by atoms with Crippen LogP contribution in [0.3, 0.4) is 0 Å². The number of pyridine rings is 1. The number of ether oxygens (including phenoxy) is 1. The van der Waals surface area contributed by atoms with Crippen LogP contribution in [-0.2, 0) is 14.3 Å². The molecule has 3 aromatic heterocycles. The summed E-state index contributed by atoms with van der Waals surface area (Å²) in [6.45, 7) is 3.73. The number of esters is 1. The molecule has 13 heteroatoms. The molecule has 212 valence electrons. The third-order valence-corrected chi connectivity index (χ3v) is 7.25. The second kappa shape index (κ2) is 11.9. The standard InChI is InChI=1S/C27H34N8O5/c1-33(2)26(39)20-14-17-15-30-27(31-22-7-6-18(16-29-22)34-12-10-28-11-13-34)32-25(17)35(20)19-4-3-5-21(19)40-24(38)9-8-23(36)37/h6-7,14-16,19,21,28H,3-5,8-13H2,1-2H3,(H,36,37)(H,29,30,31,32). The second-order valence-electron chi connectivity index (χ2n) is 10.3. The Hall–Kier alpha value is -4.26. The molecule has 2 atom stereocenters. The highest BCUT2D eigenvalue weighted by Crippen LogP contribution is 2.37. The number of hydrogen-bond acceptors (Lipinski definition) is 10. The quantitative estimate of drug-likeness (QED) is 0.336. The fourth-order valence-corrected chi connectivity index (χ4v) is 5.26. The maximum Gasteiger partial charge on any atom is 0.306 e. The van der Waals surface area contributed by atoms with E-state index >= 15 is 0 Å². The topological polar surface area (TPSA) is 155 Å². The molecule has 4 heterocycles. The number of fused-ring (bicyclic) bond motifs is 1. The Morgan fingerprint density at radius 3 is 2.62 bits per heavy atom. The summed E-state index contributed by atoms with van der Waals surface area (Å²) in [5.41, 5.74) is 2.01. The van der Waals surface area contributed by atoms with Crippen LogP contribution >= 0.6 is 0 Å². The molecule has 0 spiro atoms. The summed E-state index contributed by atoms with van der Waals surface area (Å²) >= 11 is 0. The van der Waals surface area contributed by atoms with Gasteiger partial charge in [-0.2, -0.15) is 4.98 Å². The summed E-state index contributed by atoms with van der Waals surface area (Å²) in [4.78, 5) is 54.0. The van der Waals surface area contributed by atoms with E-state index in [-0.39, 0.29) is 24.8 Å². The normalized spacial score (nSPS) is 19.0. The van der Waals surface area contributed by atoms with Crippen molar-refractivity contribution in [3.05, 3.63) is 36.3 Å². The molecule has 3 aromatic rings. The predicted molar refractivity (Wildman–Crippen MR) is 148 cm³/mol. The number of anilines is 3. The lowest BCUT2D eigenvalue weighted by Crippen LogP contribution is -2.43. The van der Waals surface area contributed by atoms with Crippen LogP contribution in [0.2, 0.25) is 0 Å². The van der Waals surface area contributed by atoms with Gasteiger partial charge in [-0.3, -0.25) is 14.4 Å². The summed E-state index contributed by atoms with van der Waals surface area (Å²) in [5, 5.41) is 16.1. The molecule has 3 N–H and O–H groups in total. The minimum absolute atomic E-state index is 0.203. The van der Waals surface area contributed by atoms with Crippen molar-refractivity contribution in [3.63, 3.8) is 0 Å². The molecule has 1 aliphatic carbocycles. The van der Waals surface area contributed by atoms with Crippen molar-refractivity contribution in [2.75, 3.05) is 50.5 Å². The number of nitrogens with zero attached hydrogens (tertiary/aromatic N) is 6. The lowest BCUT2D eigenvalue weighted by Gasteiger charge is -2.29. The van der Waals surface area contributed by atoms with Crippen molar-refractivity contribution in [2.24, 2.45) is 0 Å². The first-order chi connectivity index (χ1) is 19.3. The van der Waals surface area contributed by atoms with Crippen molar-refractivity contribution < 1.29 is 24.2 Å². The Labute approximate surface area is 231 Å². The first kappa shape index (κ1) is 27.3. The Morgan fingerprint density at radius 1 is 1.12 bits per heavy atom. The van der Waals surface area contributed by atoms with Gasteiger partial charge in [-0.25, -0.2) is 9.97 Å². The van der Waals surface area contributed by atoms with Crippen LogP contribution in [0.15, 0.2) is 30.6 Å². The number of aromatic nitrogens is 4. The zero-order valence-corrected chi connectivity index (χ0v) is 22.7. The van der Waals surface area contributed by atoms with Crippen molar-refractivity contribution in [1.29, 1.82) is 0 Å². The van der Waals surface area contributed by atoms with Crippen molar-refractivity contribution in [1.82, 2.24) is 29.7 Å². The molecular weight excluding hydrogens is 516 g/mol. The summed E-state index contributed by atoms with van der Waals surface area (Å²) < 4.78 is 7.55. The van der Waals surface area contributed by atoms with Gasteiger partial charge in [-0.1, -0.05) is 0 Å². The van der Waals surface area contributed by atoms with E-state index in [9.17, 15) is 14.4 Å². The number of carboxylic acid groups (broad SMARTS) is 1. The van der Waals surface area contributed by atoms with E-state index < -0.39 is 18.0 Å². The molecule has 2 unspecified atom stereocenters. The maximum atomic E-state index is 13.2. The molecule has 1 saturated carbocycles. The van der Waals surface area contributed by atoms with Gasteiger partial charge in [0.15, 0.2) is 0 Å².